The van der Waals surface area contributed by atoms with E-state index in [0.717, 1.165) is 5.56 Å². The summed E-state index contributed by atoms with van der Waals surface area (Å²) in [6, 6.07) is 8.03. The van der Waals surface area contributed by atoms with Crippen LogP contribution in [-0.2, 0) is 10.0 Å². The highest BCUT2D eigenvalue weighted by atomic mass is 35.5. The van der Waals surface area contributed by atoms with Crippen molar-refractivity contribution in [2.75, 3.05) is 11.8 Å². The SMILES string of the molecule is COc1cc(C)c(Cl)cc1S(=O)(=O)Nc1cccc(C)n1. The van der Waals surface area contributed by atoms with E-state index in [1.54, 1.807) is 38.1 Å². The lowest BCUT2D eigenvalue weighted by Gasteiger charge is -2.13. The van der Waals surface area contributed by atoms with Crippen molar-refractivity contribution in [2.24, 2.45) is 0 Å². The molecule has 0 aliphatic heterocycles. The van der Waals surface area contributed by atoms with Crippen LogP contribution in [0, 0.1) is 13.8 Å². The molecule has 0 fully saturated rings. The molecule has 0 amide bonds. The molecule has 0 unspecified atom stereocenters. The zero-order valence-electron chi connectivity index (χ0n) is 11.8. The molecule has 1 heterocycles. The molecule has 1 aromatic carbocycles. The van der Waals surface area contributed by atoms with Crippen molar-refractivity contribution < 1.29 is 13.2 Å². The highest BCUT2D eigenvalue weighted by Crippen LogP contribution is 2.31. The van der Waals surface area contributed by atoms with Gasteiger partial charge in [0, 0.05) is 10.7 Å². The van der Waals surface area contributed by atoms with Gasteiger partial charge in [0.2, 0.25) is 0 Å². The first-order chi connectivity index (χ1) is 9.83. The molecule has 2 rings (SSSR count). The second kappa shape index (κ2) is 5.91. The van der Waals surface area contributed by atoms with Crippen LogP contribution in [0.2, 0.25) is 5.02 Å². The minimum atomic E-state index is -3.83. The number of pyridine rings is 1. The summed E-state index contributed by atoms with van der Waals surface area (Å²) in [4.78, 5) is 4.09. The zero-order chi connectivity index (χ0) is 15.6. The number of nitrogens with zero attached hydrogens (tertiary/aromatic N) is 1. The van der Waals surface area contributed by atoms with E-state index >= 15 is 0 Å². The van der Waals surface area contributed by atoms with Crippen molar-refractivity contribution in [1.82, 2.24) is 4.98 Å². The fraction of sp³-hybridized carbons (Fsp3) is 0.214. The smallest absolute Gasteiger partial charge is 0.266 e. The average molecular weight is 327 g/mol. The highest BCUT2D eigenvalue weighted by Gasteiger charge is 2.21. The van der Waals surface area contributed by atoms with E-state index in [0.29, 0.717) is 10.7 Å². The van der Waals surface area contributed by atoms with Crippen LogP contribution in [-0.4, -0.2) is 20.5 Å². The van der Waals surface area contributed by atoms with Gasteiger partial charge in [0.15, 0.2) is 0 Å². The van der Waals surface area contributed by atoms with E-state index in [2.05, 4.69) is 9.71 Å². The Labute approximate surface area is 129 Å². The number of hydrogen-bond acceptors (Lipinski definition) is 4. The van der Waals surface area contributed by atoms with Crippen molar-refractivity contribution in [2.45, 2.75) is 18.7 Å². The Hall–Kier alpha value is -1.79. The van der Waals surface area contributed by atoms with Crippen LogP contribution >= 0.6 is 11.6 Å². The van der Waals surface area contributed by atoms with Gasteiger partial charge in [0.1, 0.15) is 16.5 Å². The standard InChI is InChI=1S/C14H15ClN2O3S/c1-9-7-12(20-3)13(8-11(9)15)21(18,19)17-14-6-4-5-10(2)16-14/h4-8H,1-3H3,(H,16,17). The minimum Gasteiger partial charge on any atom is -0.495 e. The topological polar surface area (TPSA) is 68.3 Å². The quantitative estimate of drug-likeness (QED) is 0.937. The van der Waals surface area contributed by atoms with Gasteiger partial charge < -0.3 is 4.74 Å². The van der Waals surface area contributed by atoms with Crippen molar-refractivity contribution in [3.63, 3.8) is 0 Å². The van der Waals surface area contributed by atoms with E-state index in [4.69, 9.17) is 16.3 Å². The van der Waals surface area contributed by atoms with Crippen LogP contribution in [0.5, 0.6) is 5.75 Å². The lowest BCUT2D eigenvalue weighted by Crippen LogP contribution is -2.15. The number of halogens is 1. The largest absolute Gasteiger partial charge is 0.495 e. The Balaban J connectivity index is 2.47. The van der Waals surface area contributed by atoms with E-state index in [9.17, 15) is 8.42 Å². The van der Waals surface area contributed by atoms with Gasteiger partial charge in [-0.15, -0.1) is 0 Å². The van der Waals surface area contributed by atoms with Crippen LogP contribution in [0.15, 0.2) is 35.2 Å². The van der Waals surface area contributed by atoms with Crippen LogP contribution in [0.1, 0.15) is 11.3 Å². The van der Waals surface area contributed by atoms with Gasteiger partial charge in [-0.05, 0) is 43.7 Å². The summed E-state index contributed by atoms with van der Waals surface area (Å²) in [6.07, 6.45) is 0. The second-order valence-electron chi connectivity index (χ2n) is 4.52. The Kier molecular flexibility index (Phi) is 4.39. The Morgan fingerprint density at radius 2 is 1.95 bits per heavy atom. The number of benzene rings is 1. The Bertz CT molecular complexity index is 776. The van der Waals surface area contributed by atoms with E-state index in [-0.39, 0.29) is 16.5 Å². The van der Waals surface area contributed by atoms with Crippen molar-refractivity contribution >= 4 is 27.4 Å². The van der Waals surface area contributed by atoms with Gasteiger partial charge in [0.05, 0.1) is 7.11 Å². The molecule has 5 nitrogen and oxygen atoms in total. The highest BCUT2D eigenvalue weighted by molar-refractivity contribution is 7.92. The van der Waals surface area contributed by atoms with Gasteiger partial charge in [-0.3, -0.25) is 4.72 Å². The number of hydrogen-bond donors (Lipinski definition) is 1. The minimum absolute atomic E-state index is 0.0242. The molecular formula is C14H15ClN2O3S. The maximum absolute atomic E-state index is 12.5. The van der Waals surface area contributed by atoms with Crippen LogP contribution < -0.4 is 9.46 Å². The number of methoxy groups -OCH3 is 1. The maximum atomic E-state index is 12.5. The first-order valence-corrected chi connectivity index (χ1v) is 8.00. The second-order valence-corrected chi connectivity index (χ2v) is 6.58. The normalized spacial score (nSPS) is 11.2. The number of aryl methyl sites for hydroxylation is 2. The summed E-state index contributed by atoms with van der Waals surface area (Å²) in [5.74, 6) is 0.478. The molecule has 0 atom stereocenters. The van der Waals surface area contributed by atoms with Crippen LogP contribution in [0.3, 0.4) is 0 Å². The van der Waals surface area contributed by atoms with Gasteiger partial charge in [-0.2, -0.15) is 0 Å². The maximum Gasteiger partial charge on any atom is 0.266 e. The van der Waals surface area contributed by atoms with Crippen molar-refractivity contribution in [1.29, 1.82) is 0 Å². The molecule has 1 aromatic heterocycles. The number of anilines is 1. The summed E-state index contributed by atoms with van der Waals surface area (Å²) >= 11 is 6.01. The molecular weight excluding hydrogens is 312 g/mol. The number of aromatic nitrogens is 1. The summed E-state index contributed by atoms with van der Waals surface area (Å²) < 4.78 is 32.5. The van der Waals surface area contributed by atoms with Crippen molar-refractivity contribution in [3.8, 4) is 5.75 Å². The number of nitrogens with one attached hydrogen (secondary N) is 1. The molecule has 1 N–H and O–H groups in total. The average Bonchev–Trinajstić information content (AvgIpc) is 2.40. The summed E-state index contributed by atoms with van der Waals surface area (Å²) in [6.45, 7) is 3.55. The first kappa shape index (κ1) is 15.6. The molecule has 7 heteroatoms. The molecule has 0 saturated carbocycles. The third-order valence-corrected chi connectivity index (χ3v) is 4.64. The molecule has 21 heavy (non-hydrogen) atoms. The summed E-state index contributed by atoms with van der Waals surface area (Å²) in [5.41, 5.74) is 1.45. The number of sulfonamides is 1. The number of ether oxygens (including phenoxy) is 1. The molecule has 2 aromatic rings. The van der Waals surface area contributed by atoms with Crippen LogP contribution in [0.25, 0.3) is 0 Å². The molecule has 0 aliphatic carbocycles. The molecule has 0 bridgehead atoms. The Morgan fingerprint density at radius 3 is 2.57 bits per heavy atom. The third kappa shape index (κ3) is 3.46. The lowest BCUT2D eigenvalue weighted by molar-refractivity contribution is 0.402. The number of rotatable bonds is 4. The fourth-order valence-electron chi connectivity index (χ4n) is 1.80. The molecule has 0 saturated heterocycles. The Morgan fingerprint density at radius 1 is 1.24 bits per heavy atom. The van der Waals surface area contributed by atoms with Gasteiger partial charge in [-0.25, -0.2) is 13.4 Å². The summed E-state index contributed by atoms with van der Waals surface area (Å²) in [5, 5.41) is 0.355. The lowest BCUT2D eigenvalue weighted by atomic mass is 10.2. The molecule has 0 aliphatic rings. The van der Waals surface area contributed by atoms with E-state index in [1.165, 1.54) is 13.2 Å². The van der Waals surface area contributed by atoms with Crippen molar-refractivity contribution in [3.05, 3.63) is 46.6 Å². The predicted molar refractivity (Wildman–Crippen MR) is 82.5 cm³/mol. The molecule has 0 spiro atoms. The molecule has 112 valence electrons. The third-order valence-electron chi connectivity index (χ3n) is 2.86. The molecule has 0 radical (unpaired) electrons. The fourth-order valence-corrected chi connectivity index (χ4v) is 3.21. The van der Waals surface area contributed by atoms with E-state index < -0.39 is 10.0 Å². The van der Waals surface area contributed by atoms with Gasteiger partial charge in [0.25, 0.3) is 10.0 Å². The van der Waals surface area contributed by atoms with Crippen LogP contribution in [0.4, 0.5) is 5.82 Å². The summed E-state index contributed by atoms with van der Waals surface area (Å²) in [7, 11) is -2.42. The zero-order valence-corrected chi connectivity index (χ0v) is 13.4. The van der Waals surface area contributed by atoms with Gasteiger partial charge in [-0.1, -0.05) is 17.7 Å². The van der Waals surface area contributed by atoms with Gasteiger partial charge >= 0.3 is 0 Å². The predicted octanol–water partition coefficient (Wildman–Crippen LogP) is 3.16. The van der Waals surface area contributed by atoms with E-state index in [1.807, 2.05) is 0 Å². The first-order valence-electron chi connectivity index (χ1n) is 6.14. The monoisotopic (exact) mass is 326 g/mol.